The van der Waals surface area contributed by atoms with E-state index in [1.807, 2.05) is 6.07 Å². The molecule has 0 unspecified atom stereocenters. The summed E-state index contributed by atoms with van der Waals surface area (Å²) in [5.74, 6) is 5.83. The second-order valence-electron chi connectivity index (χ2n) is 4.36. The molecule has 0 amide bonds. The minimum absolute atomic E-state index is 0.135. The fraction of sp³-hybridized carbons (Fsp3) is 0.375. The Morgan fingerprint density at radius 1 is 1.35 bits per heavy atom. The van der Waals surface area contributed by atoms with Crippen LogP contribution in [0.2, 0.25) is 0 Å². The molecule has 1 N–H and O–H groups in total. The number of carbonyl (C=O) groups excluding carboxylic acids is 2. The Bertz CT molecular complexity index is 526. The first-order valence-electron chi connectivity index (χ1n) is 6.51. The van der Waals surface area contributed by atoms with E-state index in [0.717, 1.165) is 24.9 Å². The lowest BCUT2D eigenvalue weighted by molar-refractivity contribution is -0.116. The topological polar surface area (TPSA) is 55.4 Å². The number of unbranched alkanes of at least 4 members (excludes halogenated alkanes) is 1. The number of hydrogen-bond donors (Lipinski definition) is 1. The van der Waals surface area contributed by atoms with Crippen LogP contribution in [0.25, 0.3) is 0 Å². The predicted molar refractivity (Wildman–Crippen MR) is 77.4 cm³/mol. The molecule has 0 saturated carbocycles. The zero-order valence-electron chi connectivity index (χ0n) is 11.9. The van der Waals surface area contributed by atoms with E-state index < -0.39 is 0 Å². The molecular weight excluding hydrogens is 254 g/mol. The predicted octanol–water partition coefficient (Wildman–Crippen LogP) is 1.78. The second kappa shape index (κ2) is 8.89. The van der Waals surface area contributed by atoms with Gasteiger partial charge in [-0.05, 0) is 38.1 Å². The molecule has 0 aliphatic carbocycles. The molecule has 0 aromatic heterocycles. The van der Waals surface area contributed by atoms with Crippen molar-refractivity contribution in [2.24, 2.45) is 0 Å². The third-order valence-corrected chi connectivity index (χ3v) is 2.55. The summed E-state index contributed by atoms with van der Waals surface area (Å²) in [5.41, 5.74) is 1.30. The number of ether oxygens (including phenoxy) is 1. The molecule has 20 heavy (non-hydrogen) atoms. The molecule has 4 nitrogen and oxygen atoms in total. The normalized spacial score (nSPS) is 9.50. The first-order chi connectivity index (χ1) is 9.63. The number of methoxy groups -OCH3 is 1. The molecule has 0 saturated heterocycles. The highest BCUT2D eigenvalue weighted by Crippen LogP contribution is 2.05. The van der Waals surface area contributed by atoms with Crippen LogP contribution in [0.3, 0.4) is 0 Å². The molecule has 0 aliphatic rings. The third kappa shape index (κ3) is 6.17. The molecule has 4 heteroatoms. The van der Waals surface area contributed by atoms with Crippen LogP contribution in [-0.4, -0.2) is 32.0 Å². The van der Waals surface area contributed by atoms with Crippen molar-refractivity contribution in [3.8, 4) is 11.8 Å². The monoisotopic (exact) mass is 273 g/mol. The van der Waals surface area contributed by atoms with Gasteiger partial charge >= 0.3 is 5.97 Å². The molecule has 0 bridgehead atoms. The van der Waals surface area contributed by atoms with Gasteiger partial charge in [0.25, 0.3) is 0 Å². The first-order valence-corrected chi connectivity index (χ1v) is 6.51. The van der Waals surface area contributed by atoms with Gasteiger partial charge in [-0.3, -0.25) is 4.79 Å². The van der Waals surface area contributed by atoms with Gasteiger partial charge in [0.05, 0.1) is 19.2 Å². The summed E-state index contributed by atoms with van der Waals surface area (Å²) in [5, 5.41) is 3.04. The highest BCUT2D eigenvalue weighted by Gasteiger charge is 2.03. The lowest BCUT2D eigenvalue weighted by Gasteiger charge is -1.99. The van der Waals surface area contributed by atoms with Gasteiger partial charge in [-0.2, -0.15) is 0 Å². The summed E-state index contributed by atoms with van der Waals surface area (Å²) in [6.45, 7) is 2.74. The highest BCUT2D eigenvalue weighted by atomic mass is 16.5. The van der Waals surface area contributed by atoms with Gasteiger partial charge in [-0.25, -0.2) is 4.79 Å². The number of hydrogen-bond acceptors (Lipinski definition) is 4. The number of carbonyl (C=O) groups is 2. The molecule has 1 aromatic rings. The van der Waals surface area contributed by atoms with Gasteiger partial charge in [0.1, 0.15) is 5.78 Å². The summed E-state index contributed by atoms with van der Waals surface area (Å²) in [6, 6.07) is 7.05. The van der Waals surface area contributed by atoms with Crippen LogP contribution in [0.4, 0.5) is 0 Å². The van der Waals surface area contributed by atoms with Gasteiger partial charge in [0, 0.05) is 12.0 Å². The maximum Gasteiger partial charge on any atom is 0.337 e. The summed E-state index contributed by atoms with van der Waals surface area (Å²) >= 11 is 0. The Labute approximate surface area is 119 Å². The van der Waals surface area contributed by atoms with Crippen molar-refractivity contribution in [1.29, 1.82) is 0 Å². The van der Waals surface area contributed by atoms with E-state index in [0.29, 0.717) is 12.1 Å². The molecule has 1 rings (SSSR count). The van der Waals surface area contributed by atoms with Crippen molar-refractivity contribution in [3.05, 3.63) is 35.4 Å². The summed E-state index contributed by atoms with van der Waals surface area (Å²) in [6.07, 6.45) is 1.63. The van der Waals surface area contributed by atoms with E-state index in [2.05, 4.69) is 21.9 Å². The molecule has 0 radical (unpaired) electrons. The third-order valence-electron chi connectivity index (χ3n) is 2.55. The number of nitrogens with one attached hydrogen (secondary N) is 1. The standard InChI is InChI=1S/C16H19NO3/c1-13(18)12-17-10-5-3-4-7-14-8-6-9-15(11-14)16(19)20-2/h6,8-9,11,17H,3,5,10,12H2,1-2H3. The Morgan fingerprint density at radius 3 is 2.85 bits per heavy atom. The molecule has 0 fully saturated rings. The summed E-state index contributed by atoms with van der Waals surface area (Å²) in [7, 11) is 1.36. The van der Waals surface area contributed by atoms with Crippen molar-refractivity contribution in [3.63, 3.8) is 0 Å². The van der Waals surface area contributed by atoms with Crippen molar-refractivity contribution < 1.29 is 14.3 Å². The quantitative estimate of drug-likeness (QED) is 0.488. The average molecular weight is 273 g/mol. The van der Waals surface area contributed by atoms with Crippen LogP contribution in [0, 0.1) is 11.8 Å². The number of ketones is 1. The van der Waals surface area contributed by atoms with Gasteiger partial charge in [-0.1, -0.05) is 17.9 Å². The van der Waals surface area contributed by atoms with Crippen molar-refractivity contribution in [1.82, 2.24) is 5.32 Å². The summed E-state index contributed by atoms with van der Waals surface area (Å²) in [4.78, 5) is 22.1. The number of benzene rings is 1. The molecule has 0 spiro atoms. The van der Waals surface area contributed by atoms with Crippen molar-refractivity contribution in [2.45, 2.75) is 19.8 Å². The van der Waals surface area contributed by atoms with Crippen LogP contribution in [0.1, 0.15) is 35.7 Å². The fourth-order valence-corrected chi connectivity index (χ4v) is 1.57. The zero-order valence-corrected chi connectivity index (χ0v) is 11.9. The average Bonchev–Trinajstić information content (AvgIpc) is 2.45. The van der Waals surface area contributed by atoms with E-state index >= 15 is 0 Å². The van der Waals surface area contributed by atoms with Crippen LogP contribution in [-0.2, 0) is 9.53 Å². The number of esters is 1. The Balaban J connectivity index is 2.40. The van der Waals surface area contributed by atoms with E-state index in [1.165, 1.54) is 7.11 Å². The minimum Gasteiger partial charge on any atom is -0.465 e. The molecule has 1 aromatic carbocycles. The van der Waals surface area contributed by atoms with E-state index in [9.17, 15) is 9.59 Å². The van der Waals surface area contributed by atoms with E-state index in [1.54, 1.807) is 25.1 Å². The zero-order chi connectivity index (χ0) is 14.8. The second-order valence-corrected chi connectivity index (χ2v) is 4.36. The molecule has 0 heterocycles. The van der Waals surface area contributed by atoms with Crippen LogP contribution in [0.15, 0.2) is 24.3 Å². The van der Waals surface area contributed by atoms with Crippen molar-refractivity contribution in [2.75, 3.05) is 20.2 Å². The van der Waals surface area contributed by atoms with Gasteiger partial charge < -0.3 is 10.1 Å². The van der Waals surface area contributed by atoms with Crippen LogP contribution >= 0.6 is 0 Å². The smallest absolute Gasteiger partial charge is 0.337 e. The SMILES string of the molecule is COC(=O)c1cccc(C#CCCCNCC(C)=O)c1. The highest BCUT2D eigenvalue weighted by molar-refractivity contribution is 5.89. The molecule has 106 valence electrons. The van der Waals surface area contributed by atoms with Crippen LogP contribution < -0.4 is 5.32 Å². The number of Topliss-reactive ketones (excluding diaryl/α,β-unsaturated/α-hetero) is 1. The molecule has 0 atom stereocenters. The van der Waals surface area contributed by atoms with Gasteiger partial charge in [-0.15, -0.1) is 0 Å². The van der Waals surface area contributed by atoms with Crippen LogP contribution in [0.5, 0.6) is 0 Å². The molecular formula is C16H19NO3. The Morgan fingerprint density at radius 2 is 2.15 bits per heavy atom. The first kappa shape index (κ1) is 15.9. The number of rotatable bonds is 6. The molecule has 0 aliphatic heterocycles. The lowest BCUT2D eigenvalue weighted by atomic mass is 10.1. The van der Waals surface area contributed by atoms with Gasteiger partial charge in [0.15, 0.2) is 0 Å². The van der Waals surface area contributed by atoms with Gasteiger partial charge in [0.2, 0.25) is 0 Å². The Hall–Kier alpha value is -2.12. The Kier molecular flexibility index (Phi) is 7.08. The maximum absolute atomic E-state index is 11.4. The largest absolute Gasteiger partial charge is 0.465 e. The van der Waals surface area contributed by atoms with E-state index in [4.69, 9.17) is 0 Å². The minimum atomic E-state index is -0.359. The summed E-state index contributed by atoms with van der Waals surface area (Å²) < 4.78 is 4.66. The van der Waals surface area contributed by atoms with Crippen molar-refractivity contribution >= 4 is 11.8 Å². The van der Waals surface area contributed by atoms with E-state index in [-0.39, 0.29) is 11.8 Å². The maximum atomic E-state index is 11.4. The fourth-order valence-electron chi connectivity index (χ4n) is 1.57. The lowest BCUT2D eigenvalue weighted by Crippen LogP contribution is -2.21.